The van der Waals surface area contributed by atoms with Crippen LogP contribution in [0.3, 0.4) is 0 Å². The van der Waals surface area contributed by atoms with Crippen LogP contribution in [0.25, 0.3) is 0 Å². The summed E-state index contributed by atoms with van der Waals surface area (Å²) in [5.74, 6) is -0.459. The molecule has 1 heterocycles. The fourth-order valence-electron chi connectivity index (χ4n) is 5.00. The van der Waals surface area contributed by atoms with E-state index in [2.05, 4.69) is 13.8 Å². The molecule has 0 saturated heterocycles. The molecule has 1 unspecified atom stereocenters. The Morgan fingerprint density at radius 3 is 1.80 bits per heavy atom. The van der Waals surface area contributed by atoms with E-state index < -0.39 is 26.5 Å². The van der Waals surface area contributed by atoms with Crippen LogP contribution in [0.4, 0.5) is 0 Å². The van der Waals surface area contributed by atoms with Gasteiger partial charge < -0.3 is 0 Å². The van der Waals surface area contributed by atoms with E-state index in [4.69, 9.17) is 4.74 Å². The summed E-state index contributed by atoms with van der Waals surface area (Å²) in [6.07, 6.45) is 1.30. The van der Waals surface area contributed by atoms with Crippen LogP contribution in [0.5, 0.6) is 0 Å². The Morgan fingerprint density at radius 1 is 0.720 bits per heavy atom. The molecule has 0 aromatic carbocycles. The van der Waals surface area contributed by atoms with Crippen molar-refractivity contribution >= 4 is 32.3 Å². The maximum atomic E-state index is 13.2. The molecule has 138 valence electrons. The van der Waals surface area contributed by atoms with Gasteiger partial charge in [0.2, 0.25) is 0 Å². The molecule has 1 fully saturated rings. The van der Waals surface area contributed by atoms with Crippen molar-refractivity contribution in [1.29, 1.82) is 0 Å². The predicted octanol–water partition coefficient (Wildman–Crippen LogP) is 3.25. The first-order chi connectivity index (χ1) is 11.1. The Kier molecular flexibility index (Phi) is 3.67. The molecule has 1 aliphatic heterocycles. The first kappa shape index (κ1) is 18.8. The van der Waals surface area contributed by atoms with Gasteiger partial charge >= 0.3 is 156 Å². The summed E-state index contributed by atoms with van der Waals surface area (Å²) in [7, 11) is 0. The van der Waals surface area contributed by atoms with Gasteiger partial charge in [0.25, 0.3) is 0 Å². The Morgan fingerprint density at radius 2 is 1.24 bits per heavy atom. The van der Waals surface area contributed by atoms with Crippen molar-refractivity contribution in [1.82, 2.24) is 0 Å². The summed E-state index contributed by atoms with van der Waals surface area (Å²) in [6.45, 7) is 15.8. The Balaban J connectivity index is 2.13. The minimum absolute atomic E-state index is 0.0264. The van der Waals surface area contributed by atoms with Crippen molar-refractivity contribution < 1.29 is 19.1 Å². The molecule has 2 aliphatic carbocycles. The number of allylic oxidation sites excluding steroid dienone is 2. The van der Waals surface area contributed by atoms with Crippen molar-refractivity contribution in [3.8, 4) is 0 Å². The van der Waals surface area contributed by atoms with Gasteiger partial charge in [0.1, 0.15) is 0 Å². The first-order valence-electron chi connectivity index (χ1n) is 8.84. The third-order valence-corrected chi connectivity index (χ3v) is 10.2. The van der Waals surface area contributed by atoms with Gasteiger partial charge in [0, 0.05) is 0 Å². The number of carbonyl (C=O) groups excluding carboxylic acids is 3. The van der Waals surface area contributed by atoms with Crippen LogP contribution in [0.15, 0.2) is 10.2 Å². The predicted molar refractivity (Wildman–Crippen MR) is 96.0 cm³/mol. The van der Waals surface area contributed by atoms with Crippen molar-refractivity contribution in [3.63, 3.8) is 0 Å². The zero-order valence-electron chi connectivity index (χ0n) is 16.5. The molecule has 1 atom stereocenters. The second kappa shape index (κ2) is 4.86. The Labute approximate surface area is 156 Å². The zero-order chi connectivity index (χ0) is 19.2. The van der Waals surface area contributed by atoms with Crippen LogP contribution < -0.4 is 0 Å². The van der Waals surface area contributed by atoms with Crippen molar-refractivity contribution in [2.24, 2.45) is 21.7 Å². The Bertz CT molecular complexity index is 739. The summed E-state index contributed by atoms with van der Waals surface area (Å²) in [5.41, 5.74) is -1.91. The zero-order valence-corrected chi connectivity index (χ0v) is 18.2. The molecule has 25 heavy (non-hydrogen) atoms. The molecule has 3 aliphatic rings. The van der Waals surface area contributed by atoms with E-state index >= 15 is 0 Å². The molecule has 0 aromatic heterocycles. The standard InChI is InChI=1S/C20H28O4Se/c1-16(2)9-18(5,6)15-11(12(16)21)24-20(25-15)14(23)13(22)17(3,4)10-19(20,7)8/h9-10H2,1-8H3. The molecular weight excluding hydrogens is 383 g/mol. The number of Topliss-reactive ketones (excluding diaryl/α,β-unsaturated/α-hetero) is 3. The number of hydrogen-bond donors (Lipinski definition) is 0. The summed E-state index contributed by atoms with van der Waals surface area (Å²) >= 11 is -0.370. The fourth-order valence-corrected chi connectivity index (χ4v) is 8.20. The third kappa shape index (κ3) is 2.35. The molecule has 0 aromatic rings. The van der Waals surface area contributed by atoms with E-state index in [0.29, 0.717) is 12.2 Å². The molecule has 4 nitrogen and oxygen atoms in total. The van der Waals surface area contributed by atoms with Crippen molar-refractivity contribution in [2.45, 2.75) is 72.7 Å². The number of hydrogen-bond acceptors (Lipinski definition) is 4. The molecule has 0 amide bonds. The van der Waals surface area contributed by atoms with Crippen LogP contribution in [0.2, 0.25) is 0 Å². The second-order valence-corrected chi connectivity index (χ2v) is 12.8. The van der Waals surface area contributed by atoms with Gasteiger partial charge in [-0.15, -0.1) is 0 Å². The van der Waals surface area contributed by atoms with E-state index in [1.165, 1.54) is 0 Å². The normalized spacial score (nSPS) is 35.0. The maximum absolute atomic E-state index is 13.2. The quantitative estimate of drug-likeness (QED) is 0.454. The van der Waals surface area contributed by atoms with Gasteiger partial charge in [-0.1, -0.05) is 0 Å². The Hall–Kier alpha value is -0.931. The van der Waals surface area contributed by atoms with E-state index in [1.54, 1.807) is 0 Å². The van der Waals surface area contributed by atoms with E-state index in [1.807, 2.05) is 41.5 Å². The summed E-state index contributed by atoms with van der Waals surface area (Å²) in [4.78, 5) is 39.0. The number of rotatable bonds is 0. The molecule has 1 spiro atoms. The monoisotopic (exact) mass is 412 g/mol. The third-order valence-electron chi connectivity index (χ3n) is 5.91. The first-order valence-corrected chi connectivity index (χ1v) is 10.6. The molecule has 0 radical (unpaired) electrons. The second-order valence-electron chi connectivity index (χ2n) is 10.4. The van der Waals surface area contributed by atoms with Crippen LogP contribution in [-0.2, 0) is 19.1 Å². The molecule has 5 heteroatoms. The molecule has 0 bridgehead atoms. The van der Waals surface area contributed by atoms with Gasteiger partial charge in [0.15, 0.2) is 0 Å². The average molecular weight is 411 g/mol. The molecule has 1 saturated carbocycles. The summed E-state index contributed by atoms with van der Waals surface area (Å²) < 4.78 is 6.05. The number of ether oxygens (including phenoxy) is 1. The molecular formula is C20H28O4Se. The van der Waals surface area contributed by atoms with E-state index in [9.17, 15) is 14.4 Å². The van der Waals surface area contributed by atoms with Gasteiger partial charge in [-0.3, -0.25) is 0 Å². The van der Waals surface area contributed by atoms with Crippen LogP contribution >= 0.6 is 0 Å². The number of ketones is 3. The van der Waals surface area contributed by atoms with Gasteiger partial charge in [0.05, 0.1) is 0 Å². The summed E-state index contributed by atoms with van der Waals surface area (Å²) in [5, 5.41) is 0. The average Bonchev–Trinajstić information content (AvgIpc) is 2.83. The van der Waals surface area contributed by atoms with Gasteiger partial charge in [-0.2, -0.15) is 0 Å². The van der Waals surface area contributed by atoms with E-state index in [0.717, 1.165) is 10.9 Å². The van der Waals surface area contributed by atoms with Crippen LogP contribution in [0.1, 0.15) is 68.2 Å². The SMILES string of the molecule is CC1(C)CC(C)(C)C2(OC3=C([Se]2)C(C)(C)CC(C)(C)C3=O)C(=O)C1=O. The molecule has 3 rings (SSSR count). The van der Waals surface area contributed by atoms with Gasteiger partial charge in [-0.05, 0) is 0 Å². The van der Waals surface area contributed by atoms with Crippen LogP contribution in [0, 0.1) is 21.7 Å². The molecule has 0 N–H and O–H groups in total. The van der Waals surface area contributed by atoms with Crippen LogP contribution in [-0.4, -0.2) is 36.8 Å². The fraction of sp³-hybridized carbons (Fsp3) is 0.750. The topological polar surface area (TPSA) is 60.4 Å². The van der Waals surface area contributed by atoms with Crippen molar-refractivity contribution in [3.05, 3.63) is 10.2 Å². The van der Waals surface area contributed by atoms with E-state index in [-0.39, 0.29) is 31.9 Å². The van der Waals surface area contributed by atoms with Gasteiger partial charge in [-0.25, -0.2) is 0 Å². The summed E-state index contributed by atoms with van der Waals surface area (Å²) in [6, 6.07) is 0. The number of carbonyl (C=O) groups is 3. The minimum atomic E-state index is -1.18. The van der Waals surface area contributed by atoms with Crippen molar-refractivity contribution in [2.75, 3.05) is 0 Å².